The van der Waals surface area contributed by atoms with Crippen LogP contribution in [0.1, 0.15) is 64.2 Å². The molecule has 0 radical (unpaired) electrons. The van der Waals surface area contributed by atoms with E-state index >= 15 is 0 Å². The molecule has 5 aromatic rings. The molecule has 2 aliphatic heterocycles. The molecule has 7 rings (SSSR count). The van der Waals surface area contributed by atoms with Gasteiger partial charge in [-0.3, -0.25) is 10.1 Å². The summed E-state index contributed by atoms with van der Waals surface area (Å²) in [6.07, 6.45) is 2.33. The van der Waals surface area contributed by atoms with E-state index < -0.39 is 5.97 Å². The van der Waals surface area contributed by atoms with Gasteiger partial charge >= 0.3 is 5.97 Å². The fourth-order valence-electron chi connectivity index (χ4n) is 6.61. The van der Waals surface area contributed by atoms with Crippen molar-refractivity contribution in [2.45, 2.75) is 51.9 Å². The number of hydrogen-bond acceptors (Lipinski definition) is 9. The van der Waals surface area contributed by atoms with Crippen LogP contribution < -0.4 is 15.1 Å². The third-order valence-electron chi connectivity index (χ3n) is 9.42. The van der Waals surface area contributed by atoms with E-state index in [0.29, 0.717) is 59.5 Å². The summed E-state index contributed by atoms with van der Waals surface area (Å²) in [5.74, 6) is -0.916. The Balaban J connectivity index is 1.08. The number of amides is 1. The monoisotopic (exact) mass is 667 g/mol. The Kier molecular flexibility index (Phi) is 8.69. The summed E-state index contributed by atoms with van der Waals surface area (Å²) in [4.78, 5) is 39.5. The number of hydrogen-bond donors (Lipinski definition) is 2. The number of benzene rings is 3. The van der Waals surface area contributed by atoms with Crippen LogP contribution in [0.25, 0.3) is 10.2 Å². The van der Waals surface area contributed by atoms with Gasteiger partial charge in [-0.2, -0.15) is 0 Å². The molecule has 3 aromatic carbocycles. The van der Waals surface area contributed by atoms with Crippen LogP contribution in [-0.4, -0.2) is 52.2 Å². The summed E-state index contributed by atoms with van der Waals surface area (Å²) < 4.78 is 7.61. The number of nitrogens with zero attached hydrogens (tertiary/aromatic N) is 4. The van der Waals surface area contributed by atoms with Gasteiger partial charge in [-0.05, 0) is 60.1 Å². The van der Waals surface area contributed by atoms with E-state index in [1.165, 1.54) is 22.7 Å². The average Bonchev–Trinajstić information content (AvgIpc) is 3.72. The number of thiazole rings is 2. The quantitative estimate of drug-likeness (QED) is 0.167. The molecular weight excluding hydrogens is 631 g/mol. The number of carbonyl (C=O) groups excluding carboxylic acids is 1. The zero-order chi connectivity index (χ0) is 32.5. The summed E-state index contributed by atoms with van der Waals surface area (Å²) in [5, 5.41) is 15.1. The van der Waals surface area contributed by atoms with E-state index in [9.17, 15) is 14.7 Å². The molecule has 1 fully saturated rings. The number of rotatable bonds is 9. The maximum absolute atomic E-state index is 13.5. The molecule has 47 heavy (non-hydrogen) atoms. The second kappa shape index (κ2) is 13.1. The van der Waals surface area contributed by atoms with Crippen LogP contribution in [0.4, 0.5) is 15.3 Å². The van der Waals surface area contributed by atoms with Crippen molar-refractivity contribution in [1.82, 2.24) is 9.97 Å². The molecular formula is C36H37N5O4S2. The Labute approximate surface area is 281 Å². The first kappa shape index (κ1) is 31.3. The summed E-state index contributed by atoms with van der Waals surface area (Å²) in [6, 6.07) is 23.9. The standard InChI is InChI=1S/C36H37N5O4S2/c1-23(2)36(45-22-24-9-4-3-5-10-24)16-19-40(20-17-36)32-30(33(43)44)38-35(47-32)41-18-15-25-11-8-12-26(27(25)21-41)31(42)39-34-37-28-13-6-7-14-29(28)46-34/h3-14,23H,15-22H2,1-2H3,(H,43,44)(H,37,39,42). The first-order valence-corrected chi connectivity index (χ1v) is 17.6. The van der Waals surface area contributed by atoms with E-state index in [4.69, 9.17) is 4.74 Å². The van der Waals surface area contributed by atoms with Crippen LogP contribution in [0.3, 0.4) is 0 Å². The lowest BCUT2D eigenvalue weighted by molar-refractivity contribution is -0.103. The van der Waals surface area contributed by atoms with Gasteiger partial charge in [0.25, 0.3) is 5.91 Å². The molecule has 11 heteroatoms. The van der Waals surface area contributed by atoms with Gasteiger partial charge in [0.2, 0.25) is 0 Å². The Bertz CT molecular complexity index is 1880. The molecule has 1 amide bonds. The van der Waals surface area contributed by atoms with Gasteiger partial charge in [-0.15, -0.1) is 0 Å². The summed E-state index contributed by atoms with van der Waals surface area (Å²) in [6.45, 7) is 7.49. The summed E-state index contributed by atoms with van der Waals surface area (Å²) in [5.41, 5.74) is 4.45. The van der Waals surface area contributed by atoms with E-state index in [1.54, 1.807) is 0 Å². The SMILES string of the molecule is CC(C)C1(OCc2ccccc2)CCN(c2sc(N3CCc4cccc(C(=O)Nc5nc6ccccc6s5)c4C3)nc2C(=O)O)CC1. The number of nitrogens with one attached hydrogen (secondary N) is 1. The lowest BCUT2D eigenvalue weighted by Crippen LogP contribution is -2.49. The Morgan fingerprint density at radius 1 is 0.936 bits per heavy atom. The smallest absolute Gasteiger partial charge is 0.357 e. The minimum Gasteiger partial charge on any atom is -0.476 e. The van der Waals surface area contributed by atoms with Gasteiger partial charge < -0.3 is 19.6 Å². The van der Waals surface area contributed by atoms with Crippen molar-refractivity contribution in [2.24, 2.45) is 5.92 Å². The summed E-state index contributed by atoms with van der Waals surface area (Å²) in [7, 11) is 0. The van der Waals surface area contributed by atoms with Crippen molar-refractivity contribution in [2.75, 3.05) is 34.8 Å². The first-order valence-electron chi connectivity index (χ1n) is 16.0. The number of carboxylic acid groups (broad SMARTS) is 1. The van der Waals surface area contributed by atoms with E-state index in [1.807, 2.05) is 54.6 Å². The van der Waals surface area contributed by atoms with Gasteiger partial charge in [0.05, 0.1) is 22.4 Å². The minimum absolute atomic E-state index is 0.0833. The highest BCUT2D eigenvalue weighted by atomic mass is 32.1. The van der Waals surface area contributed by atoms with Crippen molar-refractivity contribution in [3.63, 3.8) is 0 Å². The Morgan fingerprint density at radius 2 is 1.70 bits per heavy atom. The zero-order valence-corrected chi connectivity index (χ0v) is 28.1. The van der Waals surface area contributed by atoms with Gasteiger partial charge in [0.1, 0.15) is 5.00 Å². The fraction of sp³-hybridized carbons (Fsp3) is 0.333. The molecule has 4 heterocycles. The molecule has 0 spiro atoms. The fourth-order valence-corrected chi connectivity index (χ4v) is 8.61. The molecule has 0 atom stereocenters. The number of ether oxygens (including phenoxy) is 1. The van der Waals surface area contributed by atoms with E-state index in [2.05, 4.69) is 57.1 Å². The number of carbonyl (C=O) groups is 2. The number of anilines is 3. The van der Waals surface area contributed by atoms with Gasteiger partial charge in [-0.25, -0.2) is 14.8 Å². The number of aromatic carboxylic acids is 1. The molecule has 1 saturated heterocycles. The highest BCUT2D eigenvalue weighted by molar-refractivity contribution is 7.22. The molecule has 2 aliphatic rings. The molecule has 0 bridgehead atoms. The predicted molar refractivity (Wildman–Crippen MR) is 188 cm³/mol. The number of piperidine rings is 1. The van der Waals surface area contributed by atoms with Gasteiger partial charge in [0.15, 0.2) is 16.0 Å². The molecule has 9 nitrogen and oxygen atoms in total. The molecule has 2 N–H and O–H groups in total. The average molecular weight is 668 g/mol. The lowest BCUT2D eigenvalue weighted by atomic mass is 9.81. The number of aromatic nitrogens is 2. The van der Waals surface area contributed by atoms with Crippen molar-refractivity contribution in [3.05, 3.63) is 101 Å². The largest absolute Gasteiger partial charge is 0.476 e. The highest BCUT2D eigenvalue weighted by Crippen LogP contribution is 2.41. The molecule has 0 saturated carbocycles. The maximum Gasteiger partial charge on any atom is 0.357 e. The van der Waals surface area contributed by atoms with Crippen molar-refractivity contribution in [3.8, 4) is 0 Å². The van der Waals surface area contributed by atoms with Crippen LogP contribution in [0.2, 0.25) is 0 Å². The second-order valence-electron chi connectivity index (χ2n) is 12.5. The Morgan fingerprint density at radius 3 is 2.45 bits per heavy atom. The normalized spacial score (nSPS) is 16.0. The molecule has 0 unspecified atom stereocenters. The van der Waals surface area contributed by atoms with Crippen LogP contribution in [0.15, 0.2) is 72.8 Å². The van der Waals surface area contributed by atoms with Crippen LogP contribution in [-0.2, 0) is 24.3 Å². The van der Waals surface area contributed by atoms with Gasteiger partial charge in [-0.1, -0.05) is 91.1 Å². The van der Waals surface area contributed by atoms with E-state index in [-0.39, 0.29) is 17.2 Å². The van der Waals surface area contributed by atoms with Crippen LogP contribution >= 0.6 is 22.7 Å². The van der Waals surface area contributed by atoms with E-state index in [0.717, 1.165) is 46.2 Å². The topological polar surface area (TPSA) is 108 Å². The molecule has 2 aromatic heterocycles. The van der Waals surface area contributed by atoms with Crippen molar-refractivity contribution >= 4 is 60.0 Å². The molecule has 0 aliphatic carbocycles. The van der Waals surface area contributed by atoms with Crippen molar-refractivity contribution in [1.29, 1.82) is 0 Å². The van der Waals surface area contributed by atoms with Crippen LogP contribution in [0, 0.1) is 5.92 Å². The van der Waals surface area contributed by atoms with Gasteiger partial charge in [0, 0.05) is 31.7 Å². The number of para-hydroxylation sites is 1. The minimum atomic E-state index is -1.03. The first-order chi connectivity index (χ1) is 22.8. The highest BCUT2D eigenvalue weighted by Gasteiger charge is 2.40. The second-order valence-corrected chi connectivity index (χ2v) is 14.5. The number of fused-ring (bicyclic) bond motifs is 2. The third kappa shape index (κ3) is 6.35. The predicted octanol–water partition coefficient (Wildman–Crippen LogP) is 7.48. The lowest BCUT2D eigenvalue weighted by Gasteiger charge is -2.44. The Hall–Kier alpha value is -4.32. The zero-order valence-electron chi connectivity index (χ0n) is 26.4. The summed E-state index contributed by atoms with van der Waals surface area (Å²) >= 11 is 2.87. The number of carboxylic acids is 1. The molecule has 242 valence electrons. The maximum atomic E-state index is 13.5. The van der Waals surface area contributed by atoms with Crippen molar-refractivity contribution < 1.29 is 19.4 Å². The third-order valence-corrected chi connectivity index (χ3v) is 11.6. The van der Waals surface area contributed by atoms with Crippen LogP contribution in [0.5, 0.6) is 0 Å².